The van der Waals surface area contributed by atoms with Crippen LogP contribution in [0.3, 0.4) is 0 Å². The van der Waals surface area contributed by atoms with Gasteiger partial charge in [-0.3, -0.25) is 4.57 Å². The van der Waals surface area contributed by atoms with Gasteiger partial charge in [0, 0.05) is 5.02 Å². The fourth-order valence-electron chi connectivity index (χ4n) is 2.62. The number of nitrogen functional groups attached to an aromatic ring is 1. The Kier molecular flexibility index (Phi) is 5.00. The lowest BCUT2D eigenvalue weighted by atomic mass is 10.0. The number of aromatic nitrogens is 3. The van der Waals surface area contributed by atoms with Crippen molar-refractivity contribution in [2.24, 2.45) is 5.92 Å². The second-order valence-electron chi connectivity index (χ2n) is 5.85. The predicted molar refractivity (Wildman–Crippen MR) is 90.1 cm³/mol. The summed E-state index contributed by atoms with van der Waals surface area (Å²) in [5.74, 6) is -0.447. The van der Waals surface area contributed by atoms with Crippen LogP contribution in [0.25, 0.3) is 0 Å². The highest BCUT2D eigenvalue weighted by molar-refractivity contribution is 6.30. The minimum Gasteiger partial charge on any atom is -0.459 e. The maximum atomic E-state index is 12.1. The monoisotopic (exact) mass is 364 g/mol. The summed E-state index contributed by atoms with van der Waals surface area (Å²) >= 11 is 5.79. The smallest absolute Gasteiger partial charge is 0.354 e. The average molecular weight is 365 g/mol. The molecule has 1 saturated heterocycles. The molecule has 0 aliphatic carbocycles. The van der Waals surface area contributed by atoms with Gasteiger partial charge in [-0.25, -0.2) is 14.6 Å². The third-order valence-corrected chi connectivity index (χ3v) is 4.31. The van der Waals surface area contributed by atoms with Gasteiger partial charge in [-0.05, 0) is 36.6 Å². The number of carbonyl (C=O) groups is 1. The van der Waals surface area contributed by atoms with Crippen molar-refractivity contribution in [1.29, 1.82) is 0 Å². The molecular weight excluding hydrogens is 348 g/mol. The first-order chi connectivity index (χ1) is 11.9. The van der Waals surface area contributed by atoms with Crippen molar-refractivity contribution in [3.8, 4) is 0 Å². The van der Waals surface area contributed by atoms with Gasteiger partial charge in [0.15, 0.2) is 0 Å². The van der Waals surface area contributed by atoms with E-state index < -0.39 is 17.9 Å². The van der Waals surface area contributed by atoms with Crippen LogP contribution in [0, 0.1) is 5.92 Å². The van der Waals surface area contributed by atoms with Crippen LogP contribution in [0.4, 0.5) is 5.95 Å². The van der Waals surface area contributed by atoms with Crippen LogP contribution >= 0.6 is 11.6 Å². The van der Waals surface area contributed by atoms with E-state index in [0.29, 0.717) is 17.0 Å². The number of rotatable bonds is 4. The van der Waals surface area contributed by atoms with E-state index in [1.807, 2.05) is 6.92 Å². The van der Waals surface area contributed by atoms with E-state index in [0.717, 1.165) is 0 Å². The normalized spacial score (nSPS) is 22.7. The number of ether oxygens (including phenoxy) is 2. The summed E-state index contributed by atoms with van der Waals surface area (Å²) in [6.07, 6.45) is 1.05. The second-order valence-corrected chi connectivity index (χ2v) is 6.29. The van der Waals surface area contributed by atoms with Gasteiger partial charge in [-0.15, -0.1) is 0 Å². The van der Waals surface area contributed by atoms with Crippen molar-refractivity contribution in [3.05, 3.63) is 51.7 Å². The van der Waals surface area contributed by atoms with Crippen LogP contribution in [-0.2, 0) is 9.47 Å². The summed E-state index contributed by atoms with van der Waals surface area (Å²) in [5.41, 5.74) is 5.27. The molecule has 2 N–H and O–H groups in total. The largest absolute Gasteiger partial charge is 0.459 e. The minimum absolute atomic E-state index is 0.0826. The van der Waals surface area contributed by atoms with Crippen LogP contribution in [0.1, 0.15) is 29.9 Å². The van der Waals surface area contributed by atoms with Crippen molar-refractivity contribution in [2.75, 3.05) is 12.3 Å². The summed E-state index contributed by atoms with van der Waals surface area (Å²) < 4.78 is 12.4. The molecule has 1 aliphatic heterocycles. The Morgan fingerprint density at radius 2 is 2.16 bits per heavy atom. The van der Waals surface area contributed by atoms with Crippen LogP contribution in [0.2, 0.25) is 5.02 Å². The average Bonchev–Trinajstić information content (AvgIpc) is 2.94. The fourth-order valence-corrected chi connectivity index (χ4v) is 2.75. The molecule has 0 amide bonds. The maximum Gasteiger partial charge on any atom is 0.354 e. The number of anilines is 1. The zero-order valence-electron chi connectivity index (χ0n) is 13.5. The molecule has 1 aromatic carbocycles. The molecule has 3 atom stereocenters. The highest BCUT2D eigenvalue weighted by atomic mass is 35.5. The fraction of sp³-hybridized carbons (Fsp3) is 0.375. The maximum absolute atomic E-state index is 12.1. The number of hydrogen-bond donors (Lipinski definition) is 1. The first-order valence-electron chi connectivity index (χ1n) is 7.73. The molecule has 25 heavy (non-hydrogen) atoms. The Morgan fingerprint density at radius 3 is 2.84 bits per heavy atom. The molecule has 0 bridgehead atoms. The zero-order chi connectivity index (χ0) is 18.0. The van der Waals surface area contributed by atoms with Gasteiger partial charge in [0.25, 0.3) is 0 Å². The number of esters is 1. The topological polar surface area (TPSA) is 109 Å². The summed E-state index contributed by atoms with van der Waals surface area (Å²) in [4.78, 5) is 31.3. The van der Waals surface area contributed by atoms with Gasteiger partial charge in [0.1, 0.15) is 19.2 Å². The molecule has 0 radical (unpaired) electrons. The summed E-state index contributed by atoms with van der Waals surface area (Å²) in [7, 11) is 0. The molecule has 0 saturated carbocycles. The van der Waals surface area contributed by atoms with Crippen LogP contribution < -0.4 is 11.4 Å². The number of carbonyl (C=O) groups excluding carboxylic acids is 1. The number of nitrogens with two attached hydrogens (primary N) is 1. The third kappa shape index (κ3) is 3.97. The van der Waals surface area contributed by atoms with Crippen LogP contribution in [0.15, 0.2) is 35.4 Å². The summed E-state index contributed by atoms with van der Waals surface area (Å²) in [6, 6.07) is 6.43. The lowest BCUT2D eigenvalue weighted by molar-refractivity contribution is -0.0404. The Hall–Kier alpha value is -2.45. The quantitative estimate of drug-likeness (QED) is 0.821. The van der Waals surface area contributed by atoms with Crippen molar-refractivity contribution in [2.45, 2.75) is 25.7 Å². The van der Waals surface area contributed by atoms with E-state index in [2.05, 4.69) is 9.97 Å². The summed E-state index contributed by atoms with van der Waals surface area (Å²) in [6.45, 7) is 2.05. The zero-order valence-corrected chi connectivity index (χ0v) is 14.2. The van der Waals surface area contributed by atoms with Crippen LogP contribution in [0.5, 0.6) is 0 Å². The van der Waals surface area contributed by atoms with Gasteiger partial charge in [0.2, 0.25) is 5.95 Å². The highest BCUT2D eigenvalue weighted by Crippen LogP contribution is 2.32. The Labute approximate surface area is 148 Å². The van der Waals surface area contributed by atoms with Gasteiger partial charge < -0.3 is 15.2 Å². The van der Waals surface area contributed by atoms with E-state index in [-0.39, 0.29) is 24.6 Å². The molecule has 1 unspecified atom stereocenters. The first-order valence-corrected chi connectivity index (χ1v) is 8.10. The SMILES string of the molecule is CC1C[C@H](n2cnc(N)nc2=O)O[C@@H]1COC(=O)c1ccc(Cl)cc1. The standard InChI is InChI=1S/C16H17ClN4O4/c1-9-6-13(21-8-19-15(18)20-16(21)23)25-12(9)7-24-14(22)10-2-4-11(17)5-3-10/h2-5,8-9,12-13H,6-7H2,1H3,(H2,18,20,23)/t9?,12-,13-/m1/s1. The lowest BCUT2D eigenvalue weighted by Crippen LogP contribution is -2.29. The van der Waals surface area contributed by atoms with Crippen molar-refractivity contribution in [1.82, 2.24) is 14.5 Å². The number of hydrogen-bond acceptors (Lipinski definition) is 7. The van der Waals surface area contributed by atoms with Crippen molar-refractivity contribution < 1.29 is 14.3 Å². The van der Waals surface area contributed by atoms with Gasteiger partial charge in [-0.1, -0.05) is 18.5 Å². The van der Waals surface area contributed by atoms with E-state index >= 15 is 0 Å². The molecule has 9 heteroatoms. The minimum atomic E-state index is -0.525. The van der Waals surface area contributed by atoms with E-state index in [1.54, 1.807) is 24.3 Å². The number of benzene rings is 1. The molecule has 1 aromatic heterocycles. The molecule has 1 fully saturated rings. The van der Waals surface area contributed by atoms with Crippen molar-refractivity contribution >= 4 is 23.5 Å². The Balaban J connectivity index is 1.61. The molecular formula is C16H17ClN4O4. The third-order valence-electron chi connectivity index (χ3n) is 4.05. The predicted octanol–water partition coefficient (Wildman–Crippen LogP) is 1.65. The molecule has 2 heterocycles. The van der Waals surface area contributed by atoms with Crippen molar-refractivity contribution in [3.63, 3.8) is 0 Å². The molecule has 132 valence electrons. The highest BCUT2D eigenvalue weighted by Gasteiger charge is 2.35. The summed E-state index contributed by atoms with van der Waals surface area (Å²) in [5, 5.41) is 0.545. The van der Waals surface area contributed by atoms with Gasteiger partial charge in [-0.2, -0.15) is 4.98 Å². The lowest BCUT2D eigenvalue weighted by Gasteiger charge is -2.16. The number of halogens is 1. The van der Waals surface area contributed by atoms with E-state index in [9.17, 15) is 9.59 Å². The van der Waals surface area contributed by atoms with Gasteiger partial charge >= 0.3 is 11.7 Å². The number of nitrogens with zero attached hydrogens (tertiary/aromatic N) is 3. The van der Waals surface area contributed by atoms with E-state index in [4.69, 9.17) is 26.8 Å². The van der Waals surface area contributed by atoms with Crippen LogP contribution in [-0.4, -0.2) is 33.2 Å². The second kappa shape index (κ2) is 7.20. The molecule has 0 spiro atoms. The molecule has 1 aliphatic rings. The Morgan fingerprint density at radius 1 is 1.44 bits per heavy atom. The van der Waals surface area contributed by atoms with E-state index in [1.165, 1.54) is 10.9 Å². The molecule has 8 nitrogen and oxygen atoms in total. The molecule has 3 rings (SSSR count). The first kappa shape index (κ1) is 17.4. The van der Waals surface area contributed by atoms with Gasteiger partial charge in [0.05, 0.1) is 11.7 Å². The Bertz CT molecular complexity index is 824. The molecule has 2 aromatic rings.